The second-order valence-corrected chi connectivity index (χ2v) is 7.90. The Morgan fingerprint density at radius 3 is 2.03 bits per heavy atom. The Hall–Kier alpha value is -2.64. The maximum atomic E-state index is 12.5. The van der Waals surface area contributed by atoms with Crippen LogP contribution < -0.4 is 21.8 Å². The van der Waals surface area contributed by atoms with Crippen LogP contribution in [-0.2, 0) is 16.1 Å². The molecular formula is C24H32Cl2N4O4. The van der Waals surface area contributed by atoms with Gasteiger partial charge in [-0.2, -0.15) is 0 Å². The molecule has 0 fully saturated rings. The van der Waals surface area contributed by atoms with Crippen molar-refractivity contribution in [1.29, 1.82) is 0 Å². The molecule has 1 atom stereocenters. The molecule has 0 bridgehead atoms. The van der Waals surface area contributed by atoms with Crippen LogP contribution in [0.5, 0.6) is 0 Å². The van der Waals surface area contributed by atoms with E-state index in [1.165, 1.54) is 5.48 Å². The summed E-state index contributed by atoms with van der Waals surface area (Å²) in [5, 5.41) is 14.7. The van der Waals surface area contributed by atoms with E-state index in [0.717, 1.165) is 29.8 Å². The molecule has 2 aromatic rings. The fraction of sp³-hybridized carbons (Fsp3) is 0.333. The molecule has 186 valence electrons. The molecule has 2 aromatic carbocycles. The molecule has 2 amide bonds. The number of carbonyl (C=O) groups is 2. The van der Waals surface area contributed by atoms with Gasteiger partial charge in [-0.25, -0.2) is 5.48 Å². The molecule has 0 spiro atoms. The molecule has 0 aliphatic rings. The number of rotatable bonds is 9. The lowest BCUT2D eigenvalue weighted by Crippen LogP contribution is -2.61. The minimum Gasteiger partial charge on any atom is -0.383 e. The SMILES string of the molecule is COCCNCc1ccc(C#Cc2ccc(C(=O)NC(C(=O)NO)C(C)(C)N)cc2)cc1.Cl.Cl. The maximum Gasteiger partial charge on any atom is 0.267 e. The maximum absolute atomic E-state index is 12.5. The van der Waals surface area contributed by atoms with Crippen molar-refractivity contribution < 1.29 is 19.5 Å². The van der Waals surface area contributed by atoms with Gasteiger partial charge in [-0.05, 0) is 55.8 Å². The van der Waals surface area contributed by atoms with Gasteiger partial charge in [-0.1, -0.05) is 24.0 Å². The summed E-state index contributed by atoms with van der Waals surface area (Å²) in [7, 11) is 1.67. The van der Waals surface area contributed by atoms with Gasteiger partial charge in [0.05, 0.1) is 6.61 Å². The van der Waals surface area contributed by atoms with E-state index in [1.807, 2.05) is 24.3 Å². The Bertz CT molecular complexity index is 966. The third kappa shape index (κ3) is 10.1. The van der Waals surface area contributed by atoms with Crippen molar-refractivity contribution in [2.45, 2.75) is 32.0 Å². The van der Waals surface area contributed by atoms with Crippen molar-refractivity contribution in [1.82, 2.24) is 16.1 Å². The van der Waals surface area contributed by atoms with E-state index in [1.54, 1.807) is 45.2 Å². The highest BCUT2D eigenvalue weighted by Gasteiger charge is 2.33. The molecule has 0 saturated carbocycles. The predicted molar refractivity (Wildman–Crippen MR) is 136 cm³/mol. The van der Waals surface area contributed by atoms with Crippen LogP contribution in [0, 0.1) is 11.8 Å². The van der Waals surface area contributed by atoms with Gasteiger partial charge in [0.2, 0.25) is 0 Å². The molecule has 0 aromatic heterocycles. The van der Waals surface area contributed by atoms with E-state index >= 15 is 0 Å². The minimum atomic E-state index is -1.10. The van der Waals surface area contributed by atoms with Crippen LogP contribution in [0.25, 0.3) is 0 Å². The first-order valence-electron chi connectivity index (χ1n) is 10.2. The summed E-state index contributed by atoms with van der Waals surface area (Å²) in [5.74, 6) is 4.90. The Labute approximate surface area is 212 Å². The smallest absolute Gasteiger partial charge is 0.267 e. The van der Waals surface area contributed by atoms with Gasteiger partial charge in [0, 0.05) is 42.4 Å². The number of methoxy groups -OCH3 is 1. The number of hydrogen-bond donors (Lipinski definition) is 5. The predicted octanol–water partition coefficient (Wildman–Crippen LogP) is 2.01. The number of hydroxylamine groups is 1. The van der Waals surface area contributed by atoms with Gasteiger partial charge in [0.25, 0.3) is 11.8 Å². The van der Waals surface area contributed by atoms with Gasteiger partial charge < -0.3 is 21.1 Å². The van der Waals surface area contributed by atoms with Crippen molar-refractivity contribution in [3.63, 3.8) is 0 Å². The topological polar surface area (TPSA) is 126 Å². The molecule has 0 saturated heterocycles. The highest BCUT2D eigenvalue weighted by atomic mass is 35.5. The van der Waals surface area contributed by atoms with Crippen molar-refractivity contribution in [3.05, 3.63) is 70.8 Å². The van der Waals surface area contributed by atoms with Crippen molar-refractivity contribution in [2.75, 3.05) is 20.3 Å². The van der Waals surface area contributed by atoms with Crippen molar-refractivity contribution >= 4 is 36.6 Å². The van der Waals surface area contributed by atoms with Gasteiger partial charge >= 0.3 is 0 Å². The number of nitrogens with two attached hydrogens (primary N) is 1. The van der Waals surface area contributed by atoms with Crippen LogP contribution in [0.4, 0.5) is 0 Å². The zero-order chi connectivity index (χ0) is 23.6. The van der Waals surface area contributed by atoms with Crippen LogP contribution >= 0.6 is 24.8 Å². The molecule has 0 aliphatic carbocycles. The minimum absolute atomic E-state index is 0. The molecular weight excluding hydrogens is 479 g/mol. The lowest BCUT2D eigenvalue weighted by atomic mass is 9.95. The summed E-state index contributed by atoms with van der Waals surface area (Å²) >= 11 is 0. The zero-order valence-electron chi connectivity index (χ0n) is 19.4. The third-order valence-corrected chi connectivity index (χ3v) is 4.66. The van der Waals surface area contributed by atoms with Crippen molar-refractivity contribution in [2.24, 2.45) is 5.73 Å². The highest BCUT2D eigenvalue weighted by Crippen LogP contribution is 2.09. The summed E-state index contributed by atoms with van der Waals surface area (Å²) in [6.45, 7) is 5.40. The summed E-state index contributed by atoms with van der Waals surface area (Å²) in [5.41, 5.74) is 9.54. The molecule has 1 unspecified atom stereocenters. The Balaban J connectivity index is 0.00000544. The molecule has 2 rings (SSSR count). The number of ether oxygens (including phenoxy) is 1. The molecule has 0 radical (unpaired) electrons. The summed E-state index contributed by atoms with van der Waals surface area (Å²) in [6.07, 6.45) is 0. The number of benzene rings is 2. The highest BCUT2D eigenvalue weighted by molar-refractivity contribution is 5.97. The molecule has 10 heteroatoms. The standard InChI is InChI=1S/C24H30N4O4.2ClH/c1-24(2,25)21(23(30)28-31)27-22(29)20-12-10-18(11-13-20)5-4-17-6-8-19(9-7-17)16-26-14-15-32-3;;/h6-13,21,26,31H,14-16,25H2,1-3H3,(H,27,29)(H,28,30);2*1H. The zero-order valence-corrected chi connectivity index (χ0v) is 21.0. The van der Waals surface area contributed by atoms with E-state index in [0.29, 0.717) is 12.2 Å². The summed E-state index contributed by atoms with van der Waals surface area (Å²) in [6, 6.07) is 13.6. The van der Waals surface area contributed by atoms with E-state index in [-0.39, 0.29) is 24.8 Å². The van der Waals surface area contributed by atoms with Crippen LogP contribution in [0.2, 0.25) is 0 Å². The van der Waals surface area contributed by atoms with E-state index in [2.05, 4.69) is 22.5 Å². The lowest BCUT2D eigenvalue weighted by Gasteiger charge is -2.29. The number of nitrogens with one attached hydrogen (secondary N) is 3. The fourth-order valence-corrected chi connectivity index (χ4v) is 2.83. The van der Waals surface area contributed by atoms with Crippen LogP contribution in [0.3, 0.4) is 0 Å². The Kier molecular flexibility index (Phi) is 14.1. The number of hydrogen-bond acceptors (Lipinski definition) is 6. The van der Waals surface area contributed by atoms with E-state index in [9.17, 15) is 9.59 Å². The molecule has 34 heavy (non-hydrogen) atoms. The van der Waals surface area contributed by atoms with Crippen LogP contribution in [-0.4, -0.2) is 48.9 Å². The van der Waals surface area contributed by atoms with E-state index in [4.69, 9.17) is 15.7 Å². The van der Waals surface area contributed by atoms with Crippen LogP contribution in [0.1, 0.15) is 40.9 Å². The third-order valence-electron chi connectivity index (χ3n) is 4.66. The number of carbonyl (C=O) groups excluding carboxylic acids is 2. The molecule has 0 heterocycles. The molecule has 0 aliphatic heterocycles. The first-order chi connectivity index (χ1) is 15.2. The second kappa shape index (κ2) is 15.3. The van der Waals surface area contributed by atoms with Crippen molar-refractivity contribution in [3.8, 4) is 11.8 Å². The lowest BCUT2D eigenvalue weighted by molar-refractivity contribution is -0.132. The van der Waals surface area contributed by atoms with E-state index < -0.39 is 23.4 Å². The van der Waals surface area contributed by atoms with Crippen LogP contribution in [0.15, 0.2) is 48.5 Å². The fourth-order valence-electron chi connectivity index (χ4n) is 2.83. The molecule has 8 nitrogen and oxygen atoms in total. The number of halogens is 2. The van der Waals surface area contributed by atoms with Gasteiger partial charge in [0.1, 0.15) is 6.04 Å². The molecule has 6 N–H and O–H groups in total. The Morgan fingerprint density at radius 2 is 1.56 bits per heavy atom. The first-order valence-corrected chi connectivity index (χ1v) is 10.2. The largest absolute Gasteiger partial charge is 0.383 e. The van der Waals surface area contributed by atoms with Gasteiger partial charge in [0.15, 0.2) is 0 Å². The van der Waals surface area contributed by atoms with Gasteiger partial charge in [-0.3, -0.25) is 14.8 Å². The van der Waals surface area contributed by atoms with Gasteiger partial charge in [-0.15, -0.1) is 24.8 Å². The normalized spacial score (nSPS) is 11.1. The Morgan fingerprint density at radius 1 is 1.03 bits per heavy atom. The monoisotopic (exact) mass is 510 g/mol. The average Bonchev–Trinajstić information content (AvgIpc) is 2.78. The first kappa shape index (κ1) is 31.4. The second-order valence-electron chi connectivity index (χ2n) is 7.90. The summed E-state index contributed by atoms with van der Waals surface area (Å²) < 4.78 is 5.00. The quantitative estimate of drug-likeness (QED) is 0.152. The summed E-state index contributed by atoms with van der Waals surface area (Å²) in [4.78, 5) is 24.3. The average molecular weight is 511 g/mol. The number of amides is 2.